The number of nitrogens with one attached hydrogen (secondary N) is 1. The lowest BCUT2D eigenvalue weighted by atomic mass is 9.81. The second-order valence-corrected chi connectivity index (χ2v) is 8.38. The maximum Gasteiger partial charge on any atom is 0.274 e. The molecule has 0 spiro atoms. The average Bonchev–Trinajstić information content (AvgIpc) is 2.91. The Kier molecular flexibility index (Phi) is 6.85. The number of aromatic nitrogens is 1. The van der Waals surface area contributed by atoms with Crippen molar-refractivity contribution in [2.75, 3.05) is 26.3 Å². The standard InChI is InChI=1S/C23H26F3N3O4/c1-4-15(17(26)8-14(3)25)9-27-21(32)16-10-29-18(20(31)19(16)30)22(33)28-7-5-6-13(2)23(29,11-24)12-28/h4,8,10,13,31H,3,5-7,9,11-12H2,1-2H3,(H,27,32)/b15-4-,17-8+/t13-,23+/m1/s1. The molecule has 1 fully saturated rings. The highest BCUT2D eigenvalue weighted by atomic mass is 19.1. The fourth-order valence-corrected chi connectivity index (χ4v) is 4.44. The van der Waals surface area contributed by atoms with Gasteiger partial charge in [0.05, 0.1) is 5.54 Å². The van der Waals surface area contributed by atoms with Gasteiger partial charge in [-0.05, 0) is 25.7 Å². The Hall–Kier alpha value is -3.30. The fourth-order valence-electron chi connectivity index (χ4n) is 4.44. The van der Waals surface area contributed by atoms with Crippen LogP contribution in [0.25, 0.3) is 0 Å². The third-order valence-electron chi connectivity index (χ3n) is 6.45. The molecule has 10 heteroatoms. The van der Waals surface area contributed by atoms with Crippen molar-refractivity contribution in [3.8, 4) is 5.75 Å². The maximum atomic E-state index is 14.5. The van der Waals surface area contributed by atoms with E-state index in [4.69, 9.17) is 0 Å². The monoisotopic (exact) mass is 465 g/mol. The minimum Gasteiger partial charge on any atom is -0.503 e. The van der Waals surface area contributed by atoms with Crippen molar-refractivity contribution in [3.05, 3.63) is 63.6 Å². The predicted molar refractivity (Wildman–Crippen MR) is 116 cm³/mol. The number of nitrogens with zero attached hydrogens (tertiary/aromatic N) is 2. The van der Waals surface area contributed by atoms with Crippen LogP contribution in [0.1, 0.15) is 47.5 Å². The molecule has 33 heavy (non-hydrogen) atoms. The number of carbonyl (C=O) groups is 2. The summed E-state index contributed by atoms with van der Waals surface area (Å²) in [6, 6.07) is 0. The van der Waals surface area contributed by atoms with Crippen LogP contribution in [0.4, 0.5) is 13.2 Å². The van der Waals surface area contributed by atoms with Gasteiger partial charge in [0, 0.05) is 37.5 Å². The Morgan fingerprint density at radius 3 is 2.70 bits per heavy atom. The summed E-state index contributed by atoms with van der Waals surface area (Å²) in [6.07, 6.45) is 4.20. The zero-order chi connectivity index (χ0) is 24.5. The van der Waals surface area contributed by atoms with Gasteiger partial charge >= 0.3 is 0 Å². The predicted octanol–water partition coefficient (Wildman–Crippen LogP) is 3.12. The van der Waals surface area contributed by atoms with Crippen LogP contribution in [-0.2, 0) is 5.54 Å². The molecule has 2 aliphatic heterocycles. The van der Waals surface area contributed by atoms with Crippen LogP contribution in [-0.4, -0.2) is 52.7 Å². The van der Waals surface area contributed by atoms with E-state index < -0.39 is 52.4 Å². The number of allylic oxidation sites excluding steroid dienone is 3. The summed E-state index contributed by atoms with van der Waals surface area (Å²) >= 11 is 0. The van der Waals surface area contributed by atoms with Gasteiger partial charge in [0.15, 0.2) is 11.4 Å². The highest BCUT2D eigenvalue weighted by molar-refractivity contribution is 5.99. The van der Waals surface area contributed by atoms with Crippen molar-refractivity contribution in [2.24, 2.45) is 5.92 Å². The Balaban J connectivity index is 2.04. The third kappa shape index (κ3) is 4.21. The summed E-state index contributed by atoms with van der Waals surface area (Å²) in [5.41, 5.74) is -3.27. The number of aromatic hydroxyl groups is 1. The van der Waals surface area contributed by atoms with E-state index in [-0.39, 0.29) is 30.3 Å². The van der Waals surface area contributed by atoms with E-state index in [1.807, 2.05) is 6.92 Å². The number of hydrogen-bond donors (Lipinski definition) is 2. The van der Waals surface area contributed by atoms with Gasteiger partial charge in [-0.2, -0.15) is 0 Å². The molecule has 0 aliphatic carbocycles. The molecule has 0 unspecified atom stereocenters. The first-order valence-corrected chi connectivity index (χ1v) is 10.6. The van der Waals surface area contributed by atoms with E-state index in [9.17, 15) is 32.7 Å². The number of alkyl halides is 1. The molecule has 1 saturated heterocycles. The van der Waals surface area contributed by atoms with Crippen LogP contribution in [0.15, 0.2) is 46.9 Å². The van der Waals surface area contributed by atoms with Gasteiger partial charge < -0.3 is 19.9 Å². The summed E-state index contributed by atoms with van der Waals surface area (Å²) in [4.78, 5) is 39.9. The molecular weight excluding hydrogens is 439 g/mol. The molecule has 2 amide bonds. The molecule has 2 aliphatic rings. The normalized spacial score (nSPS) is 23.1. The number of pyridine rings is 1. The Morgan fingerprint density at radius 1 is 1.39 bits per heavy atom. The third-order valence-corrected chi connectivity index (χ3v) is 6.45. The van der Waals surface area contributed by atoms with Crippen molar-refractivity contribution in [1.82, 2.24) is 14.8 Å². The lowest BCUT2D eigenvalue weighted by Crippen LogP contribution is -2.57. The molecule has 0 aromatic carbocycles. The zero-order valence-corrected chi connectivity index (χ0v) is 18.5. The highest BCUT2D eigenvalue weighted by Gasteiger charge is 2.49. The molecule has 1 aromatic heterocycles. The van der Waals surface area contributed by atoms with Crippen LogP contribution in [0.3, 0.4) is 0 Å². The molecule has 2 N–H and O–H groups in total. The maximum absolute atomic E-state index is 14.5. The molecule has 7 nitrogen and oxygen atoms in total. The van der Waals surface area contributed by atoms with Gasteiger partial charge in [0.25, 0.3) is 11.8 Å². The molecule has 2 atom stereocenters. The van der Waals surface area contributed by atoms with Crippen LogP contribution in [0.5, 0.6) is 5.75 Å². The summed E-state index contributed by atoms with van der Waals surface area (Å²) in [6.45, 7) is 5.41. The Labute approximate surface area is 188 Å². The van der Waals surface area contributed by atoms with Crippen molar-refractivity contribution < 1.29 is 27.9 Å². The smallest absolute Gasteiger partial charge is 0.274 e. The lowest BCUT2D eigenvalue weighted by Gasteiger charge is -2.45. The fraction of sp³-hybridized carbons (Fsp3) is 0.435. The number of rotatable bonds is 6. The van der Waals surface area contributed by atoms with E-state index in [0.29, 0.717) is 25.5 Å². The van der Waals surface area contributed by atoms with Gasteiger partial charge in [-0.15, -0.1) is 0 Å². The highest BCUT2D eigenvalue weighted by Crippen LogP contribution is 2.40. The molecule has 0 radical (unpaired) electrons. The van der Waals surface area contributed by atoms with Crippen LogP contribution >= 0.6 is 0 Å². The van der Waals surface area contributed by atoms with Crippen LogP contribution < -0.4 is 10.7 Å². The number of carbonyl (C=O) groups excluding carboxylic acids is 2. The molecule has 2 bridgehead atoms. The van der Waals surface area contributed by atoms with E-state index in [1.165, 1.54) is 22.5 Å². The Bertz CT molecular complexity index is 1120. The average molecular weight is 465 g/mol. The second kappa shape index (κ2) is 9.29. The van der Waals surface area contributed by atoms with Crippen molar-refractivity contribution in [2.45, 2.75) is 32.2 Å². The molecule has 0 saturated carbocycles. The van der Waals surface area contributed by atoms with Crippen molar-refractivity contribution >= 4 is 11.8 Å². The molecule has 3 heterocycles. The second-order valence-electron chi connectivity index (χ2n) is 8.38. The van der Waals surface area contributed by atoms with Gasteiger partial charge in [-0.25, -0.2) is 13.2 Å². The molecule has 3 rings (SSSR count). The van der Waals surface area contributed by atoms with Crippen molar-refractivity contribution in [1.29, 1.82) is 0 Å². The summed E-state index contributed by atoms with van der Waals surface area (Å²) in [5.74, 6) is -4.71. The van der Waals surface area contributed by atoms with Gasteiger partial charge in [-0.3, -0.25) is 14.4 Å². The van der Waals surface area contributed by atoms with Gasteiger partial charge in [-0.1, -0.05) is 19.6 Å². The van der Waals surface area contributed by atoms with Gasteiger partial charge in [0.1, 0.15) is 23.9 Å². The molecule has 1 aromatic rings. The number of halogens is 3. The number of fused-ring (bicyclic) bond motifs is 4. The van der Waals surface area contributed by atoms with E-state index in [0.717, 1.165) is 6.20 Å². The molecule has 178 valence electrons. The first-order valence-electron chi connectivity index (χ1n) is 10.6. The minimum absolute atomic E-state index is 0.0473. The summed E-state index contributed by atoms with van der Waals surface area (Å²) in [5, 5.41) is 12.9. The SMILES string of the molecule is C=C(F)/C=C(F)\C(=C/C)CNC(=O)c1cn2c(c(O)c1=O)C(=O)N1CCC[C@@H](C)[C@]2(CF)C1. The minimum atomic E-state index is -1.25. The van der Waals surface area contributed by atoms with Gasteiger partial charge in [0.2, 0.25) is 5.43 Å². The first-order chi connectivity index (χ1) is 15.6. The first kappa shape index (κ1) is 24.3. The van der Waals surface area contributed by atoms with E-state index >= 15 is 0 Å². The van der Waals surface area contributed by atoms with Crippen molar-refractivity contribution in [3.63, 3.8) is 0 Å². The number of amides is 2. The summed E-state index contributed by atoms with van der Waals surface area (Å²) < 4.78 is 42.7. The lowest BCUT2D eigenvalue weighted by molar-refractivity contribution is 0.0402. The topological polar surface area (TPSA) is 91.6 Å². The summed E-state index contributed by atoms with van der Waals surface area (Å²) in [7, 11) is 0. The van der Waals surface area contributed by atoms with Crippen LogP contribution in [0.2, 0.25) is 0 Å². The quantitative estimate of drug-likeness (QED) is 0.632. The van der Waals surface area contributed by atoms with E-state index in [1.54, 1.807) is 0 Å². The van der Waals surface area contributed by atoms with E-state index in [2.05, 4.69) is 11.9 Å². The Morgan fingerprint density at radius 2 is 2.09 bits per heavy atom. The number of hydrogen-bond acceptors (Lipinski definition) is 4. The van der Waals surface area contributed by atoms with Crippen LogP contribution in [0, 0.1) is 5.92 Å². The largest absolute Gasteiger partial charge is 0.503 e. The molecular formula is C23H26F3N3O4. The zero-order valence-electron chi connectivity index (χ0n) is 18.5.